The van der Waals surface area contributed by atoms with E-state index < -0.39 is 5.97 Å². The van der Waals surface area contributed by atoms with E-state index in [0.717, 1.165) is 25.8 Å². The van der Waals surface area contributed by atoms with Gasteiger partial charge in [-0.3, -0.25) is 9.59 Å². The molecule has 2 rings (SSSR count). The van der Waals surface area contributed by atoms with E-state index in [4.69, 9.17) is 16.7 Å². The fourth-order valence-electron chi connectivity index (χ4n) is 2.28. The van der Waals surface area contributed by atoms with E-state index in [2.05, 4.69) is 0 Å². The van der Waals surface area contributed by atoms with Crippen LogP contribution in [-0.4, -0.2) is 39.0 Å². The molecule has 0 atom stereocenters. The van der Waals surface area contributed by atoms with Crippen molar-refractivity contribution in [1.82, 2.24) is 9.47 Å². The molecule has 1 aliphatic rings. The van der Waals surface area contributed by atoms with Gasteiger partial charge in [0.1, 0.15) is 5.69 Å². The summed E-state index contributed by atoms with van der Waals surface area (Å²) in [5.41, 5.74) is 0.550. The average molecular weight is 299 g/mol. The van der Waals surface area contributed by atoms with Crippen molar-refractivity contribution in [2.75, 3.05) is 6.54 Å². The minimum Gasteiger partial charge on any atom is -0.481 e. The Morgan fingerprint density at radius 2 is 2.20 bits per heavy atom. The number of carboxylic acids is 1. The van der Waals surface area contributed by atoms with Crippen LogP contribution in [0.4, 0.5) is 0 Å². The number of hydrogen-bond donors (Lipinski definition) is 1. The maximum Gasteiger partial charge on any atom is 0.305 e. The lowest BCUT2D eigenvalue weighted by atomic mass is 10.3. The molecule has 0 unspecified atom stereocenters. The second kappa shape index (κ2) is 6.31. The van der Waals surface area contributed by atoms with E-state index in [-0.39, 0.29) is 24.9 Å². The molecule has 1 heterocycles. The van der Waals surface area contributed by atoms with Crippen LogP contribution in [0.3, 0.4) is 0 Å². The largest absolute Gasteiger partial charge is 0.481 e. The maximum atomic E-state index is 12.6. The number of rotatable bonds is 7. The summed E-state index contributed by atoms with van der Waals surface area (Å²) in [5, 5.41) is 9.33. The Bertz CT molecular complexity index is 509. The van der Waals surface area contributed by atoms with Gasteiger partial charge in [0.25, 0.3) is 5.91 Å². The minimum absolute atomic E-state index is 0.0234. The van der Waals surface area contributed by atoms with Crippen molar-refractivity contribution in [3.05, 3.63) is 23.0 Å². The number of hydrogen-bond acceptors (Lipinski definition) is 2. The summed E-state index contributed by atoms with van der Waals surface area (Å²) in [5.74, 6) is -1.00. The molecule has 0 aliphatic heterocycles. The van der Waals surface area contributed by atoms with Gasteiger partial charge in [-0.25, -0.2) is 0 Å². The molecular weight excluding hydrogens is 280 g/mol. The van der Waals surface area contributed by atoms with Crippen molar-refractivity contribution < 1.29 is 14.7 Å². The van der Waals surface area contributed by atoms with Crippen LogP contribution in [0, 0.1) is 0 Å². The Morgan fingerprint density at radius 1 is 1.50 bits per heavy atom. The molecule has 1 amide bonds. The van der Waals surface area contributed by atoms with Gasteiger partial charge in [-0.1, -0.05) is 18.5 Å². The number of aryl methyl sites for hydroxylation is 1. The van der Waals surface area contributed by atoms with E-state index in [1.807, 2.05) is 11.5 Å². The number of aliphatic carboxylic acids is 1. The third kappa shape index (κ3) is 3.54. The van der Waals surface area contributed by atoms with Gasteiger partial charge in [0.2, 0.25) is 0 Å². The second-order valence-corrected chi connectivity index (χ2v) is 5.55. The first-order valence-corrected chi connectivity index (χ1v) is 7.29. The number of halogens is 1. The Hall–Kier alpha value is -1.49. The number of carbonyl (C=O) groups is 2. The standard InChI is InChI=1S/C14H19ClN2O3/c1-2-6-16-9-10(15)8-12(16)14(20)17(11-3-4-11)7-5-13(18)19/h8-9,11H,2-7H2,1H3,(H,18,19). The molecule has 0 spiro atoms. The molecule has 0 bridgehead atoms. The van der Waals surface area contributed by atoms with Crippen LogP contribution in [0.25, 0.3) is 0 Å². The van der Waals surface area contributed by atoms with Crippen molar-refractivity contribution in [3.8, 4) is 0 Å². The lowest BCUT2D eigenvalue weighted by Crippen LogP contribution is -2.36. The van der Waals surface area contributed by atoms with E-state index >= 15 is 0 Å². The normalized spacial score (nSPS) is 14.3. The third-order valence-electron chi connectivity index (χ3n) is 3.36. The van der Waals surface area contributed by atoms with Crippen LogP contribution in [0.15, 0.2) is 12.3 Å². The quantitative estimate of drug-likeness (QED) is 0.841. The zero-order valence-electron chi connectivity index (χ0n) is 11.5. The first kappa shape index (κ1) is 14.9. The summed E-state index contributed by atoms with van der Waals surface area (Å²) in [7, 11) is 0. The van der Waals surface area contributed by atoms with Crippen molar-refractivity contribution in [2.24, 2.45) is 0 Å². The van der Waals surface area contributed by atoms with Crippen LogP contribution in [-0.2, 0) is 11.3 Å². The zero-order chi connectivity index (χ0) is 14.7. The summed E-state index contributed by atoms with van der Waals surface area (Å²) < 4.78 is 1.85. The predicted octanol–water partition coefficient (Wildman–Crippen LogP) is 2.63. The molecule has 1 saturated carbocycles. The number of carboxylic acid groups (broad SMARTS) is 1. The van der Waals surface area contributed by atoms with Crippen LogP contribution < -0.4 is 0 Å². The van der Waals surface area contributed by atoms with E-state index in [0.29, 0.717) is 10.7 Å². The number of aromatic nitrogens is 1. The molecule has 5 nitrogen and oxygen atoms in total. The van der Waals surface area contributed by atoms with Gasteiger partial charge in [-0.15, -0.1) is 0 Å². The third-order valence-corrected chi connectivity index (χ3v) is 3.57. The number of carbonyl (C=O) groups excluding carboxylic acids is 1. The fraction of sp³-hybridized carbons (Fsp3) is 0.571. The molecule has 0 saturated heterocycles. The molecule has 0 radical (unpaired) electrons. The van der Waals surface area contributed by atoms with Crippen molar-refractivity contribution in [2.45, 2.75) is 45.2 Å². The monoisotopic (exact) mass is 298 g/mol. The molecule has 6 heteroatoms. The molecule has 110 valence electrons. The first-order chi connectivity index (χ1) is 9.52. The van der Waals surface area contributed by atoms with E-state index in [9.17, 15) is 9.59 Å². The van der Waals surface area contributed by atoms with Gasteiger partial charge >= 0.3 is 5.97 Å². The smallest absolute Gasteiger partial charge is 0.305 e. The fourth-order valence-corrected chi connectivity index (χ4v) is 2.50. The highest BCUT2D eigenvalue weighted by molar-refractivity contribution is 6.31. The lowest BCUT2D eigenvalue weighted by molar-refractivity contribution is -0.137. The SMILES string of the molecule is CCCn1cc(Cl)cc1C(=O)N(CCC(=O)O)C1CC1. The number of amides is 1. The van der Waals surface area contributed by atoms with Gasteiger partial charge in [-0.2, -0.15) is 0 Å². The van der Waals surface area contributed by atoms with Crippen molar-refractivity contribution in [3.63, 3.8) is 0 Å². The highest BCUT2D eigenvalue weighted by atomic mass is 35.5. The highest BCUT2D eigenvalue weighted by Crippen LogP contribution is 2.29. The Kier molecular flexibility index (Phi) is 4.70. The number of nitrogens with zero attached hydrogens (tertiary/aromatic N) is 2. The molecule has 20 heavy (non-hydrogen) atoms. The summed E-state index contributed by atoms with van der Waals surface area (Å²) in [6.45, 7) is 3.02. The molecule has 0 aromatic carbocycles. The minimum atomic E-state index is -0.884. The Labute approximate surface area is 123 Å². The van der Waals surface area contributed by atoms with Gasteiger partial charge < -0.3 is 14.6 Å². The van der Waals surface area contributed by atoms with Crippen molar-refractivity contribution >= 4 is 23.5 Å². The second-order valence-electron chi connectivity index (χ2n) is 5.11. The average Bonchev–Trinajstić information content (AvgIpc) is 3.14. The molecule has 1 aromatic rings. The molecule has 1 aromatic heterocycles. The summed E-state index contributed by atoms with van der Waals surface area (Å²) in [6.07, 6.45) is 4.54. The summed E-state index contributed by atoms with van der Waals surface area (Å²) >= 11 is 5.99. The van der Waals surface area contributed by atoms with Crippen LogP contribution >= 0.6 is 11.6 Å². The van der Waals surface area contributed by atoms with E-state index in [1.54, 1.807) is 17.2 Å². The summed E-state index contributed by atoms with van der Waals surface area (Å²) in [6, 6.07) is 1.85. The zero-order valence-corrected chi connectivity index (χ0v) is 12.3. The van der Waals surface area contributed by atoms with E-state index in [1.165, 1.54) is 0 Å². The van der Waals surface area contributed by atoms with Crippen molar-refractivity contribution in [1.29, 1.82) is 0 Å². The van der Waals surface area contributed by atoms with Crippen LogP contribution in [0.5, 0.6) is 0 Å². The molecule has 1 fully saturated rings. The van der Waals surface area contributed by atoms with Gasteiger partial charge in [-0.05, 0) is 25.3 Å². The van der Waals surface area contributed by atoms with Crippen LogP contribution in [0.1, 0.15) is 43.1 Å². The molecule has 1 N–H and O–H groups in total. The molecular formula is C14H19ClN2O3. The Morgan fingerprint density at radius 3 is 2.75 bits per heavy atom. The van der Waals surface area contributed by atoms with Gasteiger partial charge in [0.15, 0.2) is 0 Å². The lowest BCUT2D eigenvalue weighted by Gasteiger charge is -2.22. The van der Waals surface area contributed by atoms with Gasteiger partial charge in [0.05, 0.1) is 11.4 Å². The van der Waals surface area contributed by atoms with Crippen LogP contribution in [0.2, 0.25) is 5.02 Å². The van der Waals surface area contributed by atoms with Gasteiger partial charge in [0, 0.05) is 25.3 Å². The maximum absolute atomic E-state index is 12.6. The summed E-state index contributed by atoms with van der Waals surface area (Å²) in [4.78, 5) is 25.0. The highest BCUT2D eigenvalue weighted by Gasteiger charge is 2.34. The first-order valence-electron chi connectivity index (χ1n) is 6.91. The Balaban J connectivity index is 2.16. The molecule has 1 aliphatic carbocycles. The topological polar surface area (TPSA) is 62.5 Å². The predicted molar refractivity (Wildman–Crippen MR) is 76.0 cm³/mol.